The van der Waals surface area contributed by atoms with Crippen molar-refractivity contribution < 1.29 is 14.6 Å². The molecule has 6 nitrogen and oxygen atoms in total. The second-order valence-corrected chi connectivity index (χ2v) is 6.19. The molecular formula is C16H18BrN3O3. The van der Waals surface area contributed by atoms with Gasteiger partial charge in [-0.3, -0.25) is 0 Å². The Hall–Kier alpha value is -2.15. The Balaban J connectivity index is 2.12. The lowest BCUT2D eigenvalue weighted by Crippen LogP contribution is -2.12. The Morgan fingerprint density at radius 2 is 2.00 bits per heavy atom. The average Bonchev–Trinajstić information content (AvgIpc) is 2.52. The smallest absolute Gasteiger partial charge is 0.341 e. The van der Waals surface area contributed by atoms with E-state index in [9.17, 15) is 4.79 Å². The highest BCUT2D eigenvalue weighted by atomic mass is 79.9. The van der Waals surface area contributed by atoms with E-state index in [1.165, 1.54) is 0 Å². The van der Waals surface area contributed by atoms with Crippen LogP contribution in [0.1, 0.15) is 31.0 Å². The minimum Gasteiger partial charge on any atom is -0.479 e. The van der Waals surface area contributed by atoms with Gasteiger partial charge in [-0.2, -0.15) is 4.98 Å². The van der Waals surface area contributed by atoms with Crippen molar-refractivity contribution >= 4 is 27.8 Å². The van der Waals surface area contributed by atoms with Crippen molar-refractivity contribution in [2.45, 2.75) is 26.3 Å². The van der Waals surface area contributed by atoms with Gasteiger partial charge in [-0.25, -0.2) is 9.78 Å². The monoisotopic (exact) mass is 379 g/mol. The van der Waals surface area contributed by atoms with Crippen molar-refractivity contribution in [1.82, 2.24) is 9.97 Å². The second-order valence-electron chi connectivity index (χ2n) is 5.27. The van der Waals surface area contributed by atoms with Gasteiger partial charge in [-0.1, -0.05) is 41.9 Å². The molecule has 0 saturated carbocycles. The summed E-state index contributed by atoms with van der Waals surface area (Å²) in [5.74, 6) is -0.193. The van der Waals surface area contributed by atoms with Gasteiger partial charge in [0.15, 0.2) is 6.61 Å². The van der Waals surface area contributed by atoms with Gasteiger partial charge in [-0.05, 0) is 23.6 Å². The molecule has 0 unspecified atom stereocenters. The first kappa shape index (κ1) is 17.2. The van der Waals surface area contributed by atoms with Gasteiger partial charge in [0.1, 0.15) is 0 Å². The van der Waals surface area contributed by atoms with Crippen molar-refractivity contribution in [3.63, 3.8) is 0 Å². The van der Waals surface area contributed by atoms with E-state index in [0.717, 1.165) is 15.7 Å². The molecule has 0 spiro atoms. The highest BCUT2D eigenvalue weighted by molar-refractivity contribution is 9.10. The van der Waals surface area contributed by atoms with Gasteiger partial charge in [0.25, 0.3) is 0 Å². The Labute approximate surface area is 143 Å². The molecule has 1 aromatic carbocycles. The molecule has 2 rings (SSSR count). The van der Waals surface area contributed by atoms with Crippen LogP contribution in [0.3, 0.4) is 0 Å². The van der Waals surface area contributed by atoms with Gasteiger partial charge in [0.2, 0.25) is 11.8 Å². The fraction of sp³-hybridized carbons (Fsp3) is 0.312. The number of aliphatic carboxylic acids is 1. The van der Waals surface area contributed by atoms with E-state index in [-0.39, 0.29) is 11.8 Å². The normalized spacial score (nSPS) is 10.6. The maximum Gasteiger partial charge on any atom is 0.341 e. The molecule has 1 heterocycles. The number of hydrogen-bond acceptors (Lipinski definition) is 5. The van der Waals surface area contributed by atoms with Crippen LogP contribution >= 0.6 is 15.9 Å². The Morgan fingerprint density at radius 3 is 2.61 bits per heavy atom. The number of ether oxygens (including phenoxy) is 1. The molecule has 1 aromatic heterocycles. The molecule has 0 atom stereocenters. The third-order valence-electron chi connectivity index (χ3n) is 3.02. The number of nitrogens with one attached hydrogen (secondary N) is 1. The Kier molecular flexibility index (Phi) is 5.92. The van der Waals surface area contributed by atoms with Crippen LogP contribution in [-0.4, -0.2) is 27.7 Å². The molecule has 2 aromatic rings. The molecule has 0 aliphatic rings. The first-order valence-electron chi connectivity index (χ1n) is 7.16. The van der Waals surface area contributed by atoms with Crippen molar-refractivity contribution in [3.8, 4) is 5.88 Å². The van der Waals surface area contributed by atoms with Gasteiger partial charge >= 0.3 is 5.97 Å². The molecular weight excluding hydrogens is 362 g/mol. The number of anilines is 1. The minimum atomic E-state index is -1.04. The summed E-state index contributed by atoms with van der Waals surface area (Å²) in [6.45, 7) is 4.14. The fourth-order valence-corrected chi connectivity index (χ4v) is 2.07. The summed E-state index contributed by atoms with van der Waals surface area (Å²) < 4.78 is 6.19. The predicted molar refractivity (Wildman–Crippen MR) is 90.7 cm³/mol. The van der Waals surface area contributed by atoms with Crippen molar-refractivity contribution in [1.29, 1.82) is 0 Å². The highest BCUT2D eigenvalue weighted by Crippen LogP contribution is 2.20. The largest absolute Gasteiger partial charge is 0.479 e. The Morgan fingerprint density at radius 1 is 1.30 bits per heavy atom. The first-order valence-corrected chi connectivity index (χ1v) is 7.95. The number of nitrogens with zero attached hydrogens (tertiary/aromatic N) is 2. The standard InChI is InChI=1S/C16H18BrN3O3/c1-10(2)13-7-14(23-9-15(21)22)20-16(19-13)18-8-11-3-5-12(17)6-4-11/h3-7,10H,8-9H2,1-2H3,(H,21,22)(H,18,19,20). The first-order chi connectivity index (χ1) is 10.9. The molecule has 0 bridgehead atoms. The zero-order chi connectivity index (χ0) is 16.8. The fourth-order valence-electron chi connectivity index (χ4n) is 1.81. The average molecular weight is 380 g/mol. The number of halogens is 1. The maximum atomic E-state index is 10.6. The number of benzene rings is 1. The highest BCUT2D eigenvalue weighted by Gasteiger charge is 2.10. The molecule has 0 amide bonds. The zero-order valence-electron chi connectivity index (χ0n) is 12.9. The zero-order valence-corrected chi connectivity index (χ0v) is 14.5. The van der Waals surface area contributed by atoms with E-state index in [4.69, 9.17) is 9.84 Å². The minimum absolute atomic E-state index is 0.179. The van der Waals surface area contributed by atoms with Crippen molar-refractivity contribution in [3.05, 3.63) is 46.1 Å². The topological polar surface area (TPSA) is 84.3 Å². The van der Waals surface area contributed by atoms with Gasteiger partial charge < -0.3 is 15.2 Å². The molecule has 7 heteroatoms. The molecule has 23 heavy (non-hydrogen) atoms. The summed E-state index contributed by atoms with van der Waals surface area (Å²) in [6, 6.07) is 9.57. The van der Waals surface area contributed by atoms with Crippen LogP contribution in [0.4, 0.5) is 5.95 Å². The van der Waals surface area contributed by atoms with Gasteiger partial charge in [0.05, 0.1) is 5.69 Å². The lowest BCUT2D eigenvalue weighted by molar-refractivity contribution is -0.139. The quantitative estimate of drug-likeness (QED) is 0.766. The second kappa shape index (κ2) is 7.92. The molecule has 2 N–H and O–H groups in total. The van der Waals surface area contributed by atoms with Crippen LogP contribution in [0.5, 0.6) is 5.88 Å². The van der Waals surface area contributed by atoms with Crippen molar-refractivity contribution in [2.24, 2.45) is 0 Å². The van der Waals surface area contributed by atoms with E-state index in [1.54, 1.807) is 6.07 Å². The third kappa shape index (κ3) is 5.52. The maximum absolute atomic E-state index is 10.6. The number of hydrogen-bond donors (Lipinski definition) is 2. The van der Waals surface area contributed by atoms with E-state index in [2.05, 4.69) is 31.2 Å². The lowest BCUT2D eigenvalue weighted by Gasteiger charge is -2.11. The van der Waals surface area contributed by atoms with E-state index < -0.39 is 12.6 Å². The van der Waals surface area contributed by atoms with Crippen LogP contribution in [-0.2, 0) is 11.3 Å². The number of carbonyl (C=O) groups is 1. The van der Waals surface area contributed by atoms with Crippen LogP contribution < -0.4 is 10.1 Å². The van der Waals surface area contributed by atoms with Crippen molar-refractivity contribution in [2.75, 3.05) is 11.9 Å². The van der Waals surface area contributed by atoms with E-state index in [0.29, 0.717) is 12.5 Å². The van der Waals surface area contributed by atoms with Crippen LogP contribution in [0, 0.1) is 0 Å². The van der Waals surface area contributed by atoms with Crippen LogP contribution in [0.2, 0.25) is 0 Å². The molecule has 0 fully saturated rings. The van der Waals surface area contributed by atoms with Crippen LogP contribution in [0.15, 0.2) is 34.8 Å². The van der Waals surface area contributed by atoms with E-state index in [1.807, 2.05) is 38.1 Å². The molecule has 122 valence electrons. The molecule has 0 aliphatic carbocycles. The summed E-state index contributed by atoms with van der Waals surface area (Å²) >= 11 is 3.40. The number of carboxylic acids is 1. The lowest BCUT2D eigenvalue weighted by atomic mass is 10.1. The summed E-state index contributed by atoms with van der Waals surface area (Å²) in [7, 11) is 0. The van der Waals surface area contributed by atoms with Crippen LogP contribution in [0.25, 0.3) is 0 Å². The number of aromatic nitrogens is 2. The third-order valence-corrected chi connectivity index (χ3v) is 3.55. The predicted octanol–water partition coefficient (Wildman–Crippen LogP) is 3.44. The summed E-state index contributed by atoms with van der Waals surface area (Å²) in [5.41, 5.74) is 1.87. The SMILES string of the molecule is CC(C)c1cc(OCC(=O)O)nc(NCc2ccc(Br)cc2)n1. The molecule has 0 radical (unpaired) electrons. The molecule has 0 saturated heterocycles. The summed E-state index contributed by atoms with van der Waals surface area (Å²) in [4.78, 5) is 19.3. The van der Waals surface area contributed by atoms with Gasteiger partial charge in [0, 0.05) is 17.1 Å². The van der Waals surface area contributed by atoms with Gasteiger partial charge in [-0.15, -0.1) is 0 Å². The summed E-state index contributed by atoms with van der Waals surface area (Å²) in [6.07, 6.45) is 0. The Bertz CT molecular complexity index is 675. The molecule has 0 aliphatic heterocycles. The van der Waals surface area contributed by atoms with E-state index >= 15 is 0 Å². The number of rotatable bonds is 7. The number of carboxylic acid groups (broad SMARTS) is 1. The summed E-state index contributed by atoms with van der Waals surface area (Å²) in [5, 5.41) is 11.8.